The lowest BCUT2D eigenvalue weighted by Gasteiger charge is -2.00. The van der Waals surface area contributed by atoms with Crippen LogP contribution in [0.4, 0.5) is 0 Å². The summed E-state index contributed by atoms with van der Waals surface area (Å²) in [6.45, 7) is 1.23. The average molecular weight is 218 g/mol. The van der Waals surface area contributed by atoms with E-state index in [-0.39, 0.29) is 6.42 Å². The van der Waals surface area contributed by atoms with Crippen LogP contribution in [0, 0.1) is 0 Å². The van der Waals surface area contributed by atoms with E-state index in [1.165, 1.54) is 0 Å². The topological polar surface area (TPSA) is 62.5 Å². The Morgan fingerprint density at radius 1 is 1.57 bits per heavy atom. The first-order chi connectivity index (χ1) is 6.68. The molecule has 1 rings (SSSR count). The summed E-state index contributed by atoms with van der Waals surface area (Å²) in [7, 11) is 0. The maximum Gasteiger partial charge on any atom is 0.303 e. The van der Waals surface area contributed by atoms with Crippen LogP contribution in [0.25, 0.3) is 0 Å². The van der Waals surface area contributed by atoms with Crippen molar-refractivity contribution in [2.24, 2.45) is 0 Å². The van der Waals surface area contributed by atoms with Crippen LogP contribution in [0.2, 0.25) is 5.22 Å². The van der Waals surface area contributed by atoms with E-state index in [9.17, 15) is 4.79 Å². The Balaban J connectivity index is 2.07. The number of hydrogen-bond donors (Lipinski definition) is 2. The van der Waals surface area contributed by atoms with Crippen LogP contribution in [-0.4, -0.2) is 17.6 Å². The minimum Gasteiger partial charge on any atom is -0.481 e. The third-order valence-electron chi connectivity index (χ3n) is 1.67. The van der Waals surface area contributed by atoms with E-state index in [1.807, 2.05) is 0 Å². The minimum atomic E-state index is -0.771. The SMILES string of the molecule is O=C(O)CCCNCc1ccc(Cl)o1. The molecule has 78 valence electrons. The molecule has 1 heterocycles. The highest BCUT2D eigenvalue weighted by Crippen LogP contribution is 2.12. The summed E-state index contributed by atoms with van der Waals surface area (Å²) < 4.78 is 5.10. The Morgan fingerprint density at radius 2 is 2.36 bits per heavy atom. The van der Waals surface area contributed by atoms with Gasteiger partial charge in [-0.3, -0.25) is 4.79 Å². The second-order valence-corrected chi connectivity index (χ2v) is 3.25. The molecule has 5 heteroatoms. The molecule has 0 saturated heterocycles. The third-order valence-corrected chi connectivity index (χ3v) is 1.88. The number of hydrogen-bond acceptors (Lipinski definition) is 3. The van der Waals surface area contributed by atoms with E-state index >= 15 is 0 Å². The number of carbonyl (C=O) groups is 1. The van der Waals surface area contributed by atoms with Crippen molar-refractivity contribution in [3.63, 3.8) is 0 Å². The van der Waals surface area contributed by atoms with Gasteiger partial charge in [-0.2, -0.15) is 0 Å². The molecular formula is C9H12ClNO3. The second-order valence-electron chi connectivity index (χ2n) is 2.88. The Morgan fingerprint density at radius 3 is 2.93 bits per heavy atom. The standard InChI is InChI=1S/C9H12ClNO3/c10-8-4-3-7(14-8)6-11-5-1-2-9(12)13/h3-4,11H,1-2,5-6H2,(H,12,13). The molecule has 0 unspecified atom stereocenters. The summed E-state index contributed by atoms with van der Waals surface area (Å²) in [5, 5.41) is 11.8. The van der Waals surface area contributed by atoms with Crippen LogP contribution in [-0.2, 0) is 11.3 Å². The Labute approximate surface area is 86.9 Å². The molecule has 0 spiro atoms. The fourth-order valence-electron chi connectivity index (χ4n) is 1.02. The molecule has 1 aromatic heterocycles. The minimum absolute atomic E-state index is 0.186. The van der Waals surface area contributed by atoms with Gasteiger partial charge in [0.15, 0.2) is 5.22 Å². The van der Waals surface area contributed by atoms with Crippen molar-refractivity contribution >= 4 is 17.6 Å². The number of furan rings is 1. The molecule has 0 fully saturated rings. The van der Waals surface area contributed by atoms with Crippen LogP contribution in [0.5, 0.6) is 0 Å². The summed E-state index contributed by atoms with van der Waals surface area (Å²) in [6.07, 6.45) is 0.801. The lowest BCUT2D eigenvalue weighted by atomic mass is 10.3. The van der Waals surface area contributed by atoms with E-state index < -0.39 is 5.97 Å². The number of carboxylic acids is 1. The maximum absolute atomic E-state index is 10.2. The molecule has 0 aliphatic rings. The first-order valence-corrected chi connectivity index (χ1v) is 4.73. The fraction of sp³-hybridized carbons (Fsp3) is 0.444. The van der Waals surface area contributed by atoms with E-state index in [2.05, 4.69) is 5.32 Å². The highest BCUT2D eigenvalue weighted by atomic mass is 35.5. The van der Waals surface area contributed by atoms with Crippen molar-refractivity contribution < 1.29 is 14.3 Å². The highest BCUT2D eigenvalue weighted by Gasteiger charge is 1.99. The maximum atomic E-state index is 10.2. The smallest absolute Gasteiger partial charge is 0.303 e. The van der Waals surface area contributed by atoms with E-state index in [1.54, 1.807) is 12.1 Å². The van der Waals surface area contributed by atoms with Crippen molar-refractivity contribution in [2.75, 3.05) is 6.54 Å². The third kappa shape index (κ3) is 4.30. The second kappa shape index (κ2) is 5.67. The van der Waals surface area contributed by atoms with Gasteiger partial charge in [-0.15, -0.1) is 0 Å². The zero-order valence-corrected chi connectivity index (χ0v) is 8.38. The molecule has 0 atom stereocenters. The Kier molecular flexibility index (Phi) is 4.49. The van der Waals surface area contributed by atoms with Gasteiger partial charge in [0.1, 0.15) is 5.76 Å². The number of aliphatic carboxylic acids is 1. The molecule has 0 saturated carbocycles. The van der Waals surface area contributed by atoms with Crippen molar-refractivity contribution in [3.8, 4) is 0 Å². The molecule has 4 nitrogen and oxygen atoms in total. The molecule has 14 heavy (non-hydrogen) atoms. The molecule has 1 aromatic rings. The Bertz CT molecular complexity index is 298. The van der Waals surface area contributed by atoms with E-state index in [4.69, 9.17) is 21.1 Å². The zero-order valence-electron chi connectivity index (χ0n) is 7.62. The van der Waals surface area contributed by atoms with Gasteiger partial charge in [-0.1, -0.05) is 0 Å². The van der Waals surface area contributed by atoms with Crippen LogP contribution in [0.15, 0.2) is 16.5 Å². The van der Waals surface area contributed by atoms with Crippen molar-refractivity contribution in [2.45, 2.75) is 19.4 Å². The van der Waals surface area contributed by atoms with E-state index in [0.717, 1.165) is 5.76 Å². The first kappa shape index (κ1) is 11.1. The molecule has 2 N–H and O–H groups in total. The molecule has 0 radical (unpaired) electrons. The van der Waals surface area contributed by atoms with Crippen molar-refractivity contribution in [3.05, 3.63) is 23.1 Å². The normalized spacial score (nSPS) is 10.4. The van der Waals surface area contributed by atoms with Gasteiger partial charge in [0.05, 0.1) is 6.54 Å². The number of nitrogens with one attached hydrogen (secondary N) is 1. The Hall–Kier alpha value is -1.00. The quantitative estimate of drug-likeness (QED) is 0.715. The van der Waals surface area contributed by atoms with Crippen LogP contribution in [0.1, 0.15) is 18.6 Å². The van der Waals surface area contributed by atoms with Gasteiger partial charge in [-0.05, 0) is 36.7 Å². The average Bonchev–Trinajstić information content (AvgIpc) is 2.50. The summed E-state index contributed by atoms with van der Waals surface area (Å²) in [5.74, 6) is -0.0156. The molecule has 0 bridgehead atoms. The predicted molar refractivity (Wildman–Crippen MR) is 52.3 cm³/mol. The molecule has 0 aliphatic heterocycles. The molecule has 0 aliphatic carbocycles. The first-order valence-electron chi connectivity index (χ1n) is 4.35. The number of halogens is 1. The molecular weight excluding hydrogens is 206 g/mol. The number of rotatable bonds is 6. The zero-order chi connectivity index (χ0) is 10.4. The summed E-state index contributed by atoms with van der Waals surface area (Å²) in [4.78, 5) is 10.2. The van der Waals surface area contributed by atoms with Crippen LogP contribution >= 0.6 is 11.6 Å². The number of carboxylic acid groups (broad SMARTS) is 1. The van der Waals surface area contributed by atoms with Crippen molar-refractivity contribution in [1.29, 1.82) is 0 Å². The monoisotopic (exact) mass is 217 g/mol. The molecule has 0 aromatic carbocycles. The summed E-state index contributed by atoms with van der Waals surface area (Å²) >= 11 is 5.57. The van der Waals surface area contributed by atoms with Crippen molar-refractivity contribution in [1.82, 2.24) is 5.32 Å². The van der Waals surface area contributed by atoms with Gasteiger partial charge in [0, 0.05) is 6.42 Å². The van der Waals surface area contributed by atoms with Gasteiger partial charge in [-0.25, -0.2) is 0 Å². The van der Waals surface area contributed by atoms with Crippen LogP contribution in [0.3, 0.4) is 0 Å². The van der Waals surface area contributed by atoms with Gasteiger partial charge in [0.25, 0.3) is 0 Å². The lowest BCUT2D eigenvalue weighted by Crippen LogP contribution is -2.15. The van der Waals surface area contributed by atoms with Gasteiger partial charge < -0.3 is 14.8 Å². The van der Waals surface area contributed by atoms with Gasteiger partial charge >= 0.3 is 5.97 Å². The van der Waals surface area contributed by atoms with Crippen LogP contribution < -0.4 is 5.32 Å². The van der Waals surface area contributed by atoms with E-state index in [0.29, 0.717) is 24.7 Å². The largest absolute Gasteiger partial charge is 0.481 e. The highest BCUT2D eigenvalue weighted by molar-refractivity contribution is 6.28. The molecule has 0 amide bonds. The summed E-state index contributed by atoms with van der Waals surface area (Å²) in [5.41, 5.74) is 0. The van der Waals surface area contributed by atoms with Gasteiger partial charge in [0.2, 0.25) is 0 Å². The summed E-state index contributed by atoms with van der Waals surface area (Å²) in [6, 6.07) is 3.46. The fourth-order valence-corrected chi connectivity index (χ4v) is 1.19. The lowest BCUT2D eigenvalue weighted by molar-refractivity contribution is -0.137. The predicted octanol–water partition coefficient (Wildman–Crippen LogP) is 1.89.